The van der Waals surface area contributed by atoms with Gasteiger partial charge < -0.3 is 14.7 Å². The van der Waals surface area contributed by atoms with Crippen LogP contribution in [0.2, 0.25) is 5.02 Å². The summed E-state index contributed by atoms with van der Waals surface area (Å²) in [4.78, 5) is 13.8. The Hall–Kier alpha value is -2.52. The first kappa shape index (κ1) is 15.4. The fourth-order valence-electron chi connectivity index (χ4n) is 2.58. The van der Waals surface area contributed by atoms with E-state index in [0.29, 0.717) is 23.8 Å². The molecule has 1 aromatic carbocycles. The standard InChI is InChI=1S/C16H15ClN4O2/c17-13-3-1-2-12(6-13)14-7-15(23-20-14)16(22)19-8-11-4-5-21(9-11)10-18/h1-3,6-7,11H,4-5,8-9H2,(H,19,22)/t11-/m1/s1. The first-order valence-corrected chi connectivity index (χ1v) is 7.69. The zero-order valence-electron chi connectivity index (χ0n) is 12.3. The van der Waals surface area contributed by atoms with Crippen LogP contribution in [0.15, 0.2) is 34.9 Å². The number of benzene rings is 1. The van der Waals surface area contributed by atoms with Crippen molar-refractivity contribution in [2.24, 2.45) is 5.92 Å². The van der Waals surface area contributed by atoms with E-state index in [0.717, 1.165) is 18.5 Å². The summed E-state index contributed by atoms with van der Waals surface area (Å²) in [7, 11) is 0. The Labute approximate surface area is 138 Å². The molecule has 7 heteroatoms. The smallest absolute Gasteiger partial charge is 0.289 e. The zero-order chi connectivity index (χ0) is 16.2. The second-order valence-electron chi connectivity index (χ2n) is 5.50. The van der Waals surface area contributed by atoms with Crippen LogP contribution in [-0.2, 0) is 0 Å². The number of hydrogen-bond donors (Lipinski definition) is 1. The van der Waals surface area contributed by atoms with Gasteiger partial charge in [-0.15, -0.1) is 0 Å². The fraction of sp³-hybridized carbons (Fsp3) is 0.312. The van der Waals surface area contributed by atoms with Crippen LogP contribution in [0.3, 0.4) is 0 Å². The molecule has 2 aromatic rings. The van der Waals surface area contributed by atoms with E-state index in [1.807, 2.05) is 12.1 Å². The van der Waals surface area contributed by atoms with Crippen LogP contribution in [0.5, 0.6) is 0 Å². The molecule has 0 radical (unpaired) electrons. The van der Waals surface area contributed by atoms with E-state index < -0.39 is 0 Å². The van der Waals surface area contributed by atoms with Gasteiger partial charge in [0.25, 0.3) is 5.91 Å². The topological polar surface area (TPSA) is 82.2 Å². The number of rotatable bonds is 4. The molecule has 0 spiro atoms. The summed E-state index contributed by atoms with van der Waals surface area (Å²) in [5, 5.41) is 16.2. The van der Waals surface area contributed by atoms with Crippen molar-refractivity contribution in [1.82, 2.24) is 15.4 Å². The molecular weight excluding hydrogens is 316 g/mol. The molecule has 1 amide bonds. The molecule has 6 nitrogen and oxygen atoms in total. The summed E-state index contributed by atoms with van der Waals surface area (Å²) in [5.41, 5.74) is 1.36. The Morgan fingerprint density at radius 1 is 1.52 bits per heavy atom. The molecule has 1 N–H and O–H groups in total. The third-order valence-corrected chi connectivity index (χ3v) is 4.07. The van der Waals surface area contributed by atoms with Crippen molar-refractivity contribution in [1.29, 1.82) is 5.26 Å². The lowest BCUT2D eigenvalue weighted by molar-refractivity contribution is 0.0911. The zero-order valence-corrected chi connectivity index (χ0v) is 13.1. The van der Waals surface area contributed by atoms with E-state index in [2.05, 4.69) is 16.7 Å². The Bertz CT molecular complexity index is 753. The Balaban J connectivity index is 1.60. The van der Waals surface area contributed by atoms with Crippen molar-refractivity contribution in [2.45, 2.75) is 6.42 Å². The predicted octanol–water partition coefficient (Wildman–Crippen LogP) is 2.53. The van der Waals surface area contributed by atoms with Gasteiger partial charge in [0, 0.05) is 36.3 Å². The molecule has 1 atom stereocenters. The highest BCUT2D eigenvalue weighted by molar-refractivity contribution is 6.30. The summed E-state index contributed by atoms with van der Waals surface area (Å²) < 4.78 is 5.11. The average molecular weight is 331 g/mol. The van der Waals surface area contributed by atoms with Crippen LogP contribution in [-0.4, -0.2) is 35.6 Å². The number of nitrogens with zero attached hydrogens (tertiary/aromatic N) is 3. The molecular formula is C16H15ClN4O2. The van der Waals surface area contributed by atoms with E-state index in [9.17, 15) is 4.79 Å². The van der Waals surface area contributed by atoms with E-state index >= 15 is 0 Å². The lowest BCUT2D eigenvalue weighted by Crippen LogP contribution is -2.30. The molecule has 1 aliphatic rings. The second-order valence-corrected chi connectivity index (χ2v) is 5.93. The molecule has 0 unspecified atom stereocenters. The summed E-state index contributed by atoms with van der Waals surface area (Å²) in [5.74, 6) is 0.144. The normalized spacial score (nSPS) is 17.0. The minimum atomic E-state index is -0.304. The highest BCUT2D eigenvalue weighted by atomic mass is 35.5. The third-order valence-electron chi connectivity index (χ3n) is 3.83. The van der Waals surface area contributed by atoms with Crippen LogP contribution in [0.4, 0.5) is 0 Å². The number of nitrogens with one attached hydrogen (secondary N) is 1. The van der Waals surface area contributed by atoms with Crippen LogP contribution in [0.1, 0.15) is 17.0 Å². The molecule has 0 bridgehead atoms. The van der Waals surface area contributed by atoms with Crippen LogP contribution in [0, 0.1) is 17.4 Å². The number of hydrogen-bond acceptors (Lipinski definition) is 5. The average Bonchev–Trinajstić information content (AvgIpc) is 3.22. The molecule has 1 aromatic heterocycles. The van der Waals surface area contributed by atoms with Crippen molar-refractivity contribution in [3.8, 4) is 17.5 Å². The highest BCUT2D eigenvalue weighted by Gasteiger charge is 2.23. The number of aromatic nitrogens is 1. The quantitative estimate of drug-likeness (QED) is 0.871. The largest absolute Gasteiger partial charge is 0.350 e. The van der Waals surface area contributed by atoms with Gasteiger partial charge in [0.05, 0.1) is 0 Å². The number of carbonyl (C=O) groups is 1. The molecule has 23 heavy (non-hydrogen) atoms. The van der Waals surface area contributed by atoms with Crippen molar-refractivity contribution in [2.75, 3.05) is 19.6 Å². The first-order chi connectivity index (χ1) is 11.2. The van der Waals surface area contributed by atoms with Crippen molar-refractivity contribution in [3.05, 3.63) is 41.1 Å². The van der Waals surface area contributed by atoms with Gasteiger partial charge in [0.1, 0.15) is 5.69 Å². The Morgan fingerprint density at radius 2 is 2.39 bits per heavy atom. The molecule has 3 rings (SSSR count). The van der Waals surface area contributed by atoms with Crippen molar-refractivity contribution < 1.29 is 9.32 Å². The lowest BCUT2D eigenvalue weighted by Gasteiger charge is -2.09. The number of halogens is 1. The van der Waals surface area contributed by atoms with Gasteiger partial charge in [0.15, 0.2) is 6.19 Å². The molecule has 1 fully saturated rings. The maximum absolute atomic E-state index is 12.1. The minimum absolute atomic E-state index is 0.162. The molecule has 118 valence electrons. The summed E-state index contributed by atoms with van der Waals surface area (Å²) in [6.07, 6.45) is 3.02. The summed E-state index contributed by atoms with van der Waals surface area (Å²) in [6.45, 7) is 1.95. The highest BCUT2D eigenvalue weighted by Crippen LogP contribution is 2.22. The molecule has 1 saturated heterocycles. The van der Waals surface area contributed by atoms with Crippen LogP contribution in [0.25, 0.3) is 11.3 Å². The number of nitriles is 1. The first-order valence-electron chi connectivity index (χ1n) is 7.31. The van der Waals surface area contributed by atoms with E-state index in [1.165, 1.54) is 0 Å². The van der Waals surface area contributed by atoms with Gasteiger partial charge in [-0.2, -0.15) is 5.26 Å². The number of amides is 1. The van der Waals surface area contributed by atoms with E-state index in [-0.39, 0.29) is 17.6 Å². The van der Waals surface area contributed by atoms with Crippen LogP contribution < -0.4 is 5.32 Å². The lowest BCUT2D eigenvalue weighted by atomic mass is 10.1. The van der Waals surface area contributed by atoms with Gasteiger partial charge in [-0.1, -0.05) is 28.9 Å². The van der Waals surface area contributed by atoms with E-state index in [4.69, 9.17) is 21.4 Å². The van der Waals surface area contributed by atoms with Crippen molar-refractivity contribution >= 4 is 17.5 Å². The van der Waals surface area contributed by atoms with Crippen LogP contribution >= 0.6 is 11.6 Å². The monoisotopic (exact) mass is 330 g/mol. The van der Waals surface area contributed by atoms with Gasteiger partial charge >= 0.3 is 0 Å². The Kier molecular flexibility index (Phi) is 4.49. The SMILES string of the molecule is N#CN1CC[C@H](CNC(=O)c2cc(-c3cccc(Cl)c3)no2)C1. The maximum atomic E-state index is 12.1. The fourth-order valence-corrected chi connectivity index (χ4v) is 2.77. The molecule has 2 heterocycles. The van der Waals surface area contributed by atoms with Crippen molar-refractivity contribution in [3.63, 3.8) is 0 Å². The number of likely N-dealkylation sites (tertiary alicyclic amines) is 1. The van der Waals surface area contributed by atoms with Gasteiger partial charge in [0.2, 0.25) is 5.76 Å². The molecule has 1 aliphatic heterocycles. The molecule has 0 saturated carbocycles. The molecule has 0 aliphatic carbocycles. The maximum Gasteiger partial charge on any atom is 0.289 e. The van der Waals surface area contributed by atoms with E-state index in [1.54, 1.807) is 23.1 Å². The summed E-state index contributed by atoms with van der Waals surface area (Å²) in [6, 6.07) is 8.78. The van der Waals surface area contributed by atoms with Gasteiger partial charge in [-0.25, -0.2) is 0 Å². The predicted molar refractivity (Wildman–Crippen MR) is 84.6 cm³/mol. The van der Waals surface area contributed by atoms with Gasteiger partial charge in [-0.3, -0.25) is 4.79 Å². The third kappa shape index (κ3) is 3.63. The van der Waals surface area contributed by atoms with Gasteiger partial charge in [-0.05, 0) is 24.5 Å². The Morgan fingerprint density at radius 3 is 3.13 bits per heavy atom. The minimum Gasteiger partial charge on any atom is -0.350 e. The number of carbonyl (C=O) groups excluding carboxylic acids is 1. The second kappa shape index (κ2) is 6.71. The summed E-state index contributed by atoms with van der Waals surface area (Å²) >= 11 is 5.95.